The molecule has 0 bridgehead atoms. The third-order valence-corrected chi connectivity index (χ3v) is 3.96. The summed E-state index contributed by atoms with van der Waals surface area (Å²) in [5, 5.41) is 6.41. The fourth-order valence-corrected chi connectivity index (χ4v) is 2.78. The molecule has 1 heterocycles. The molecule has 2 aromatic rings. The van der Waals surface area contributed by atoms with Crippen LogP contribution < -0.4 is 15.4 Å². The predicted octanol–water partition coefficient (Wildman–Crippen LogP) is 4.32. The van der Waals surface area contributed by atoms with Gasteiger partial charge < -0.3 is 19.9 Å². The minimum Gasteiger partial charge on any atom is -0.434 e. The largest absolute Gasteiger partial charge is 0.434 e. The lowest BCUT2D eigenvalue weighted by molar-refractivity contribution is -0.0504. The lowest BCUT2D eigenvalue weighted by atomic mass is 10.1. The Kier molecular flexibility index (Phi) is 10.9. The summed E-state index contributed by atoms with van der Waals surface area (Å²) in [6.45, 7) is 7.62. The molecule has 162 valence electrons. The Labute approximate surface area is 188 Å². The SMILES string of the molecule is CCNC(=NCc1cc(C)ccc1OC(F)F)NCc1nccn1CC(C)C.I. The number of nitrogens with zero attached hydrogens (tertiary/aromatic N) is 3. The highest BCUT2D eigenvalue weighted by Crippen LogP contribution is 2.22. The minimum absolute atomic E-state index is 0. The summed E-state index contributed by atoms with van der Waals surface area (Å²) in [6, 6.07) is 5.10. The zero-order valence-corrected chi connectivity index (χ0v) is 19.6. The van der Waals surface area contributed by atoms with Gasteiger partial charge in [-0.25, -0.2) is 9.98 Å². The fraction of sp³-hybridized carbons (Fsp3) is 0.500. The molecule has 2 N–H and O–H groups in total. The van der Waals surface area contributed by atoms with Crippen LogP contribution in [0.3, 0.4) is 0 Å². The van der Waals surface area contributed by atoms with E-state index in [9.17, 15) is 8.78 Å². The zero-order valence-electron chi connectivity index (χ0n) is 17.3. The maximum absolute atomic E-state index is 12.6. The minimum atomic E-state index is -2.86. The zero-order chi connectivity index (χ0) is 20.5. The highest BCUT2D eigenvalue weighted by Gasteiger charge is 2.11. The molecule has 9 heteroatoms. The maximum Gasteiger partial charge on any atom is 0.387 e. The molecule has 0 saturated carbocycles. The van der Waals surface area contributed by atoms with E-state index in [4.69, 9.17) is 0 Å². The summed E-state index contributed by atoms with van der Waals surface area (Å²) in [4.78, 5) is 8.91. The molecule has 0 spiro atoms. The average Bonchev–Trinajstić information content (AvgIpc) is 3.05. The van der Waals surface area contributed by atoms with Gasteiger partial charge in [-0.3, -0.25) is 0 Å². The summed E-state index contributed by atoms with van der Waals surface area (Å²) in [5.41, 5.74) is 1.57. The molecule has 0 aliphatic carbocycles. The summed E-state index contributed by atoms with van der Waals surface area (Å²) in [7, 11) is 0. The Morgan fingerprint density at radius 1 is 1.28 bits per heavy atom. The number of hydrogen-bond donors (Lipinski definition) is 2. The molecular formula is C20H30F2IN5O. The molecule has 29 heavy (non-hydrogen) atoms. The van der Waals surface area contributed by atoms with Crippen LogP contribution in [0.25, 0.3) is 0 Å². The van der Waals surface area contributed by atoms with E-state index < -0.39 is 6.61 Å². The Hall–Kier alpha value is -1.91. The van der Waals surface area contributed by atoms with Gasteiger partial charge in [0.2, 0.25) is 0 Å². The number of aryl methyl sites for hydroxylation is 1. The second-order valence-electron chi connectivity index (χ2n) is 6.93. The quantitative estimate of drug-likeness (QED) is 0.293. The molecule has 1 aromatic carbocycles. The van der Waals surface area contributed by atoms with E-state index in [1.165, 1.54) is 0 Å². The summed E-state index contributed by atoms with van der Waals surface area (Å²) < 4.78 is 32.0. The van der Waals surface area contributed by atoms with Crippen molar-refractivity contribution in [2.45, 2.75) is 53.9 Å². The monoisotopic (exact) mass is 521 g/mol. The number of nitrogens with one attached hydrogen (secondary N) is 2. The van der Waals surface area contributed by atoms with Crippen molar-refractivity contribution in [2.75, 3.05) is 6.54 Å². The highest BCUT2D eigenvalue weighted by molar-refractivity contribution is 14.0. The topological polar surface area (TPSA) is 63.5 Å². The number of imidazole rings is 1. The first-order valence-corrected chi connectivity index (χ1v) is 9.45. The average molecular weight is 521 g/mol. The van der Waals surface area contributed by atoms with Crippen molar-refractivity contribution in [3.8, 4) is 5.75 Å². The lowest BCUT2D eigenvalue weighted by Gasteiger charge is -2.14. The van der Waals surface area contributed by atoms with Crippen molar-refractivity contribution >= 4 is 29.9 Å². The molecule has 0 unspecified atom stereocenters. The standard InChI is InChI=1S/C20H29F2N5O.HI/c1-5-23-20(26-12-18-24-8-9-27(18)13-14(2)3)25-11-16-10-15(4)6-7-17(16)28-19(21)22;/h6-10,14,19H,5,11-13H2,1-4H3,(H2,23,25,26);1H. The number of alkyl halides is 2. The Morgan fingerprint density at radius 2 is 2.03 bits per heavy atom. The van der Waals surface area contributed by atoms with Gasteiger partial charge in [0.15, 0.2) is 5.96 Å². The molecular weight excluding hydrogens is 491 g/mol. The summed E-state index contributed by atoms with van der Waals surface area (Å²) >= 11 is 0. The Bertz CT molecular complexity index is 780. The van der Waals surface area contributed by atoms with Crippen LogP contribution >= 0.6 is 24.0 Å². The van der Waals surface area contributed by atoms with Crippen molar-refractivity contribution in [1.82, 2.24) is 20.2 Å². The first-order chi connectivity index (χ1) is 13.4. The van der Waals surface area contributed by atoms with Crippen LogP contribution in [0.4, 0.5) is 8.78 Å². The number of aromatic nitrogens is 2. The van der Waals surface area contributed by atoms with E-state index in [1.54, 1.807) is 24.4 Å². The van der Waals surface area contributed by atoms with E-state index in [-0.39, 0.29) is 36.3 Å². The van der Waals surface area contributed by atoms with Crippen LogP contribution in [0.1, 0.15) is 37.7 Å². The lowest BCUT2D eigenvalue weighted by Crippen LogP contribution is -2.37. The van der Waals surface area contributed by atoms with Gasteiger partial charge in [0.25, 0.3) is 0 Å². The number of benzene rings is 1. The van der Waals surface area contributed by atoms with Crippen LogP contribution in [0.2, 0.25) is 0 Å². The van der Waals surface area contributed by atoms with Crippen LogP contribution in [0, 0.1) is 12.8 Å². The van der Waals surface area contributed by atoms with Gasteiger partial charge in [-0.1, -0.05) is 31.5 Å². The fourth-order valence-electron chi connectivity index (χ4n) is 2.78. The molecule has 6 nitrogen and oxygen atoms in total. The number of halogens is 3. The van der Waals surface area contributed by atoms with Gasteiger partial charge in [0, 0.05) is 31.0 Å². The van der Waals surface area contributed by atoms with E-state index in [2.05, 4.69) is 43.8 Å². The summed E-state index contributed by atoms with van der Waals surface area (Å²) in [6.07, 6.45) is 3.74. The first-order valence-electron chi connectivity index (χ1n) is 9.45. The van der Waals surface area contributed by atoms with Crippen molar-refractivity contribution < 1.29 is 13.5 Å². The summed E-state index contributed by atoms with van der Waals surface area (Å²) in [5.74, 6) is 2.17. The van der Waals surface area contributed by atoms with Gasteiger partial charge in [0.05, 0.1) is 13.1 Å². The number of aliphatic imine (C=N–C) groups is 1. The van der Waals surface area contributed by atoms with Crippen LogP contribution in [-0.2, 0) is 19.6 Å². The van der Waals surface area contributed by atoms with Crippen LogP contribution in [0.5, 0.6) is 5.75 Å². The molecule has 0 amide bonds. The second-order valence-corrected chi connectivity index (χ2v) is 6.93. The number of ether oxygens (including phenoxy) is 1. The molecule has 2 rings (SSSR count). The van der Waals surface area contributed by atoms with Gasteiger partial charge in [-0.05, 0) is 25.8 Å². The molecule has 0 saturated heterocycles. The smallest absolute Gasteiger partial charge is 0.387 e. The predicted molar refractivity (Wildman–Crippen MR) is 122 cm³/mol. The van der Waals surface area contributed by atoms with Gasteiger partial charge >= 0.3 is 6.61 Å². The molecule has 0 atom stereocenters. The van der Waals surface area contributed by atoms with Crippen molar-refractivity contribution in [2.24, 2.45) is 10.9 Å². The molecule has 0 aliphatic rings. The third kappa shape index (κ3) is 8.55. The van der Waals surface area contributed by atoms with E-state index in [1.807, 2.05) is 20.0 Å². The van der Waals surface area contributed by atoms with Crippen molar-refractivity contribution in [1.29, 1.82) is 0 Å². The maximum atomic E-state index is 12.6. The molecule has 0 aliphatic heterocycles. The van der Waals surface area contributed by atoms with E-state index in [0.29, 0.717) is 30.5 Å². The molecule has 0 fully saturated rings. The Balaban J connectivity index is 0.00000420. The number of rotatable bonds is 9. The third-order valence-electron chi connectivity index (χ3n) is 3.96. The second kappa shape index (κ2) is 12.6. The van der Waals surface area contributed by atoms with Gasteiger partial charge in [0.1, 0.15) is 11.6 Å². The number of hydrogen-bond acceptors (Lipinski definition) is 3. The molecule has 0 radical (unpaired) electrons. The van der Waals surface area contributed by atoms with Crippen molar-refractivity contribution in [3.05, 3.63) is 47.5 Å². The molecule has 1 aromatic heterocycles. The van der Waals surface area contributed by atoms with Crippen molar-refractivity contribution in [3.63, 3.8) is 0 Å². The van der Waals surface area contributed by atoms with E-state index in [0.717, 1.165) is 17.9 Å². The first kappa shape index (κ1) is 25.1. The van der Waals surface area contributed by atoms with Gasteiger partial charge in [-0.2, -0.15) is 8.78 Å². The van der Waals surface area contributed by atoms with Crippen LogP contribution in [0.15, 0.2) is 35.6 Å². The normalized spacial score (nSPS) is 11.5. The van der Waals surface area contributed by atoms with Crippen LogP contribution in [-0.4, -0.2) is 28.7 Å². The Morgan fingerprint density at radius 3 is 2.69 bits per heavy atom. The van der Waals surface area contributed by atoms with Gasteiger partial charge in [-0.15, -0.1) is 24.0 Å². The highest BCUT2D eigenvalue weighted by atomic mass is 127. The van der Waals surface area contributed by atoms with E-state index >= 15 is 0 Å². The number of guanidine groups is 1.